The lowest BCUT2D eigenvalue weighted by Crippen LogP contribution is -2.72. The van der Waals surface area contributed by atoms with Crippen LogP contribution in [0.5, 0.6) is 0 Å². The SMILES string of the molecule is CC(C)c1cc(SN2CC3(C2)CN(C2CCOCC2)C3)n(C)n1. The molecule has 4 rings (SSSR count). The van der Waals surface area contributed by atoms with Crippen LogP contribution < -0.4 is 0 Å². The zero-order valence-electron chi connectivity index (χ0n) is 14.5. The van der Waals surface area contributed by atoms with E-state index in [0.717, 1.165) is 19.3 Å². The van der Waals surface area contributed by atoms with E-state index in [-0.39, 0.29) is 0 Å². The van der Waals surface area contributed by atoms with Crippen LogP contribution in [0.25, 0.3) is 0 Å². The fraction of sp³-hybridized carbons (Fsp3) is 0.824. The smallest absolute Gasteiger partial charge is 0.109 e. The topological polar surface area (TPSA) is 33.5 Å². The van der Waals surface area contributed by atoms with Crippen LogP contribution in [-0.2, 0) is 11.8 Å². The van der Waals surface area contributed by atoms with Crippen molar-refractivity contribution in [2.45, 2.75) is 43.7 Å². The Morgan fingerprint density at radius 1 is 1.22 bits per heavy atom. The van der Waals surface area contributed by atoms with Crippen molar-refractivity contribution in [3.05, 3.63) is 11.8 Å². The molecule has 1 aromatic heterocycles. The molecule has 0 N–H and O–H groups in total. The first-order valence-corrected chi connectivity index (χ1v) is 9.61. The maximum absolute atomic E-state index is 5.48. The van der Waals surface area contributed by atoms with Gasteiger partial charge in [-0.05, 0) is 36.8 Å². The summed E-state index contributed by atoms with van der Waals surface area (Å²) in [7, 11) is 2.06. The summed E-state index contributed by atoms with van der Waals surface area (Å²) in [4.78, 5) is 2.69. The summed E-state index contributed by atoms with van der Waals surface area (Å²) in [5.74, 6) is 0.498. The zero-order valence-corrected chi connectivity index (χ0v) is 15.3. The van der Waals surface area contributed by atoms with E-state index >= 15 is 0 Å². The summed E-state index contributed by atoms with van der Waals surface area (Å²) in [6.45, 7) is 11.3. The van der Waals surface area contributed by atoms with E-state index in [4.69, 9.17) is 4.74 Å². The van der Waals surface area contributed by atoms with Crippen molar-refractivity contribution >= 4 is 11.9 Å². The molecule has 5 nitrogen and oxygen atoms in total. The number of aryl methyl sites for hydroxylation is 1. The molecule has 4 heterocycles. The van der Waals surface area contributed by atoms with E-state index in [9.17, 15) is 0 Å². The van der Waals surface area contributed by atoms with Gasteiger partial charge < -0.3 is 4.74 Å². The Bertz CT molecular complexity index is 553. The number of likely N-dealkylation sites (tertiary alicyclic amines) is 1. The molecule has 0 radical (unpaired) electrons. The van der Waals surface area contributed by atoms with Crippen LogP contribution in [-0.4, -0.2) is 64.4 Å². The van der Waals surface area contributed by atoms with E-state index in [2.05, 4.69) is 41.3 Å². The predicted octanol–water partition coefficient (Wildman–Crippen LogP) is 2.35. The van der Waals surface area contributed by atoms with Gasteiger partial charge in [0.15, 0.2) is 0 Å². The van der Waals surface area contributed by atoms with Crippen molar-refractivity contribution in [2.75, 3.05) is 39.4 Å². The van der Waals surface area contributed by atoms with Gasteiger partial charge in [0, 0.05) is 57.9 Å². The van der Waals surface area contributed by atoms with Crippen molar-refractivity contribution in [3.8, 4) is 0 Å². The van der Waals surface area contributed by atoms with Crippen LogP contribution in [0, 0.1) is 5.41 Å². The molecule has 0 saturated carbocycles. The molecule has 1 spiro atoms. The molecule has 3 fully saturated rings. The molecular weight excluding hydrogens is 308 g/mol. The lowest BCUT2D eigenvalue weighted by molar-refractivity contribution is -0.113. The van der Waals surface area contributed by atoms with Crippen molar-refractivity contribution < 1.29 is 4.74 Å². The molecule has 0 atom stereocenters. The maximum atomic E-state index is 5.48. The molecular formula is C17H28N4OS. The fourth-order valence-corrected chi connectivity index (χ4v) is 5.34. The molecule has 0 aromatic carbocycles. The lowest BCUT2D eigenvalue weighted by atomic mass is 9.73. The van der Waals surface area contributed by atoms with E-state index in [1.807, 2.05) is 16.6 Å². The number of hydrogen-bond donors (Lipinski definition) is 0. The van der Waals surface area contributed by atoms with Gasteiger partial charge in [-0.2, -0.15) is 5.10 Å². The Labute approximate surface area is 143 Å². The van der Waals surface area contributed by atoms with Gasteiger partial charge in [0.05, 0.1) is 5.69 Å². The summed E-state index contributed by atoms with van der Waals surface area (Å²) in [5.41, 5.74) is 1.77. The monoisotopic (exact) mass is 336 g/mol. The Morgan fingerprint density at radius 3 is 2.52 bits per heavy atom. The van der Waals surface area contributed by atoms with Gasteiger partial charge in [0.1, 0.15) is 5.03 Å². The van der Waals surface area contributed by atoms with E-state index in [1.165, 1.54) is 49.7 Å². The molecule has 3 saturated heterocycles. The van der Waals surface area contributed by atoms with E-state index in [0.29, 0.717) is 11.3 Å². The largest absolute Gasteiger partial charge is 0.381 e. The third kappa shape index (κ3) is 3.06. The number of hydrogen-bond acceptors (Lipinski definition) is 5. The second kappa shape index (κ2) is 6.06. The number of rotatable bonds is 4. The van der Waals surface area contributed by atoms with Gasteiger partial charge >= 0.3 is 0 Å². The molecule has 0 amide bonds. The molecule has 128 valence electrons. The summed E-state index contributed by atoms with van der Waals surface area (Å²) in [6.07, 6.45) is 2.45. The maximum Gasteiger partial charge on any atom is 0.109 e. The fourth-order valence-electron chi connectivity index (χ4n) is 4.06. The second-order valence-electron chi connectivity index (χ2n) is 7.82. The molecule has 0 bridgehead atoms. The Hall–Kier alpha value is -0.560. The molecule has 6 heteroatoms. The third-order valence-electron chi connectivity index (χ3n) is 5.48. The third-order valence-corrected chi connectivity index (χ3v) is 6.56. The Kier molecular flexibility index (Phi) is 4.20. The standard InChI is InChI=1S/C17H28N4OS/c1-13(2)15-8-16(19(3)18-15)23-21-11-17(12-21)9-20(10-17)14-4-6-22-7-5-14/h8,13-14H,4-7,9-12H2,1-3H3. The van der Waals surface area contributed by atoms with Gasteiger partial charge in [-0.1, -0.05) is 13.8 Å². The zero-order chi connectivity index (χ0) is 16.0. The van der Waals surface area contributed by atoms with Crippen LogP contribution >= 0.6 is 11.9 Å². The first-order chi connectivity index (χ1) is 11.0. The Balaban J connectivity index is 1.26. The highest BCUT2D eigenvalue weighted by molar-refractivity contribution is 7.97. The average molecular weight is 337 g/mol. The summed E-state index contributed by atoms with van der Waals surface area (Å²) in [5, 5.41) is 5.88. The van der Waals surface area contributed by atoms with Gasteiger partial charge in [-0.3, -0.25) is 9.58 Å². The number of aromatic nitrogens is 2. The summed E-state index contributed by atoms with van der Waals surface area (Å²) in [6, 6.07) is 3.02. The first-order valence-electron chi connectivity index (χ1n) is 8.83. The first kappa shape index (κ1) is 15.9. The highest BCUT2D eigenvalue weighted by atomic mass is 32.2. The molecule has 0 unspecified atom stereocenters. The second-order valence-corrected chi connectivity index (χ2v) is 8.94. The molecule has 3 aliphatic heterocycles. The van der Waals surface area contributed by atoms with Crippen LogP contribution in [0.15, 0.2) is 11.1 Å². The minimum Gasteiger partial charge on any atom is -0.381 e. The number of ether oxygens (including phenoxy) is 1. The van der Waals surface area contributed by atoms with Crippen molar-refractivity contribution in [3.63, 3.8) is 0 Å². The molecule has 3 aliphatic rings. The molecule has 23 heavy (non-hydrogen) atoms. The minimum atomic E-state index is 0.498. The van der Waals surface area contributed by atoms with Crippen molar-refractivity contribution in [1.82, 2.24) is 19.0 Å². The van der Waals surface area contributed by atoms with E-state index < -0.39 is 0 Å². The van der Waals surface area contributed by atoms with Crippen LogP contribution in [0.2, 0.25) is 0 Å². The van der Waals surface area contributed by atoms with Crippen molar-refractivity contribution in [1.29, 1.82) is 0 Å². The van der Waals surface area contributed by atoms with Gasteiger partial charge in [0.25, 0.3) is 0 Å². The quantitative estimate of drug-likeness (QED) is 0.789. The van der Waals surface area contributed by atoms with Crippen LogP contribution in [0.3, 0.4) is 0 Å². The van der Waals surface area contributed by atoms with Gasteiger partial charge in [-0.25, -0.2) is 4.31 Å². The summed E-state index contributed by atoms with van der Waals surface area (Å²) >= 11 is 1.88. The van der Waals surface area contributed by atoms with Crippen LogP contribution in [0.4, 0.5) is 0 Å². The van der Waals surface area contributed by atoms with E-state index in [1.54, 1.807) is 0 Å². The van der Waals surface area contributed by atoms with Gasteiger partial charge in [0.2, 0.25) is 0 Å². The normalized spacial score (nSPS) is 25.7. The lowest BCUT2D eigenvalue weighted by Gasteiger charge is -2.61. The highest BCUT2D eigenvalue weighted by Gasteiger charge is 2.53. The molecule has 1 aromatic rings. The average Bonchev–Trinajstić information content (AvgIpc) is 2.82. The van der Waals surface area contributed by atoms with Gasteiger partial charge in [-0.15, -0.1) is 0 Å². The molecule has 0 aliphatic carbocycles. The highest BCUT2D eigenvalue weighted by Crippen LogP contribution is 2.45. The van der Waals surface area contributed by atoms with Crippen molar-refractivity contribution in [2.24, 2.45) is 12.5 Å². The number of nitrogens with zero attached hydrogens (tertiary/aromatic N) is 4. The predicted molar refractivity (Wildman–Crippen MR) is 92.6 cm³/mol. The summed E-state index contributed by atoms with van der Waals surface area (Å²) < 4.78 is 10.0. The minimum absolute atomic E-state index is 0.498. The van der Waals surface area contributed by atoms with Crippen LogP contribution in [0.1, 0.15) is 38.3 Å². The Morgan fingerprint density at radius 2 is 1.91 bits per heavy atom.